The molecule has 4 rings (SSSR count). The molecule has 2 aromatic rings. The van der Waals surface area contributed by atoms with Gasteiger partial charge in [0.15, 0.2) is 0 Å². The van der Waals surface area contributed by atoms with Crippen LogP contribution in [0.5, 0.6) is 0 Å². The minimum absolute atomic E-state index is 0. The number of nitrogens with two attached hydrogens (primary N) is 1. The molecule has 0 radical (unpaired) electrons. The van der Waals surface area contributed by atoms with Crippen LogP contribution in [0.15, 0.2) is 52.4 Å². The van der Waals surface area contributed by atoms with Gasteiger partial charge in [-0.3, -0.25) is 4.90 Å². The van der Waals surface area contributed by atoms with Crippen LogP contribution in [0.3, 0.4) is 0 Å². The summed E-state index contributed by atoms with van der Waals surface area (Å²) >= 11 is 0. The molecule has 2 aliphatic rings. The number of nitrogens with zero attached hydrogens (tertiary/aromatic N) is 4. The van der Waals surface area contributed by atoms with Gasteiger partial charge in [0.25, 0.3) is 0 Å². The quantitative estimate of drug-likeness (QED) is 0.798. The highest BCUT2D eigenvalue weighted by molar-refractivity contribution is 6.06. The number of rotatable bonds is 3. The number of hydrogen-bond acceptors (Lipinski definition) is 6. The van der Waals surface area contributed by atoms with Crippen LogP contribution >= 0.6 is 12.4 Å². The van der Waals surface area contributed by atoms with Gasteiger partial charge >= 0.3 is 0 Å². The molecule has 1 unspecified atom stereocenters. The van der Waals surface area contributed by atoms with E-state index in [1.807, 2.05) is 0 Å². The molecule has 0 aromatic heterocycles. The molecule has 6 nitrogen and oxygen atoms in total. The second kappa shape index (κ2) is 8.74. The first-order valence-electron chi connectivity index (χ1n) is 9.87. The van der Waals surface area contributed by atoms with Crippen LogP contribution < -0.4 is 16.0 Å². The van der Waals surface area contributed by atoms with Crippen LogP contribution in [0.1, 0.15) is 29.5 Å². The Balaban J connectivity index is 0.00000240. The van der Waals surface area contributed by atoms with Gasteiger partial charge in [-0.1, -0.05) is 18.2 Å². The zero-order chi connectivity index (χ0) is 19.7. The molecule has 0 bridgehead atoms. The largest absolute Gasteiger partial charge is 0.368 e. The van der Waals surface area contributed by atoms with Gasteiger partial charge in [-0.15, -0.1) is 12.4 Å². The summed E-state index contributed by atoms with van der Waals surface area (Å²) in [6, 6.07) is 14.9. The standard InChI is InChI=1S/C22H28N6.ClH/c1-15-7-6-8-19(14-15)28-21(24-18-12-16(2)11-17(3)13-18)25-20(23)26-22(28)27-9-4-5-10-27;/h6-8,11-14,21,24H,4-5,9-10H2,1-3H3,(H2,23,25);1H. The predicted octanol–water partition coefficient (Wildman–Crippen LogP) is 4.02. The van der Waals surface area contributed by atoms with Crippen molar-refractivity contribution in [3.05, 3.63) is 59.2 Å². The van der Waals surface area contributed by atoms with Crippen LogP contribution in [0, 0.1) is 20.8 Å². The van der Waals surface area contributed by atoms with E-state index in [4.69, 9.17) is 5.73 Å². The molecule has 0 amide bonds. The van der Waals surface area contributed by atoms with Crippen LogP contribution in [-0.2, 0) is 0 Å². The van der Waals surface area contributed by atoms with Crippen molar-refractivity contribution in [1.82, 2.24) is 4.90 Å². The lowest BCUT2D eigenvalue weighted by molar-refractivity contribution is 0.497. The summed E-state index contributed by atoms with van der Waals surface area (Å²) in [5.41, 5.74) is 11.8. The third-order valence-corrected chi connectivity index (χ3v) is 5.12. The fourth-order valence-corrected chi connectivity index (χ4v) is 3.96. The molecule has 2 aromatic carbocycles. The topological polar surface area (TPSA) is 69.2 Å². The molecule has 29 heavy (non-hydrogen) atoms. The van der Waals surface area contributed by atoms with Gasteiger partial charge < -0.3 is 16.0 Å². The fraction of sp³-hybridized carbons (Fsp3) is 0.364. The fourth-order valence-electron chi connectivity index (χ4n) is 3.96. The Kier molecular flexibility index (Phi) is 6.33. The van der Waals surface area contributed by atoms with Gasteiger partial charge in [0, 0.05) is 24.5 Å². The number of guanidine groups is 2. The number of anilines is 2. The smallest absolute Gasteiger partial charge is 0.222 e. The average molecular weight is 413 g/mol. The normalized spacial score (nSPS) is 18.8. The zero-order valence-corrected chi connectivity index (χ0v) is 18.0. The van der Waals surface area contributed by atoms with Gasteiger partial charge in [-0.25, -0.2) is 4.99 Å². The average Bonchev–Trinajstić information content (AvgIpc) is 3.15. The maximum Gasteiger partial charge on any atom is 0.222 e. The summed E-state index contributed by atoms with van der Waals surface area (Å²) in [6.07, 6.45) is 2.00. The van der Waals surface area contributed by atoms with Gasteiger partial charge in [0.2, 0.25) is 18.2 Å². The molecular weight excluding hydrogens is 384 g/mol. The Bertz CT molecular complexity index is 912. The summed E-state index contributed by atoms with van der Waals surface area (Å²) in [5.74, 6) is 1.19. The predicted molar refractivity (Wildman–Crippen MR) is 124 cm³/mol. The minimum atomic E-state index is -0.351. The van der Waals surface area contributed by atoms with Crippen LogP contribution in [0.25, 0.3) is 0 Å². The maximum atomic E-state index is 6.14. The van der Waals surface area contributed by atoms with Crippen molar-refractivity contribution in [3.8, 4) is 0 Å². The Morgan fingerprint density at radius 3 is 2.31 bits per heavy atom. The lowest BCUT2D eigenvalue weighted by atomic mass is 10.1. The van der Waals surface area contributed by atoms with Crippen molar-refractivity contribution < 1.29 is 0 Å². The number of nitrogens with one attached hydrogen (secondary N) is 1. The molecule has 0 saturated carbocycles. The Labute approximate surface area is 178 Å². The monoisotopic (exact) mass is 412 g/mol. The minimum Gasteiger partial charge on any atom is -0.368 e. The molecule has 2 heterocycles. The van der Waals surface area contributed by atoms with Crippen molar-refractivity contribution in [3.63, 3.8) is 0 Å². The first-order chi connectivity index (χ1) is 13.5. The highest BCUT2D eigenvalue weighted by Gasteiger charge is 2.32. The van der Waals surface area contributed by atoms with Crippen molar-refractivity contribution in [2.75, 3.05) is 23.3 Å². The summed E-state index contributed by atoms with van der Waals surface area (Å²) in [6.45, 7) is 8.29. The lowest BCUT2D eigenvalue weighted by Crippen LogP contribution is -2.54. The maximum absolute atomic E-state index is 6.14. The molecule has 7 heteroatoms. The Hall–Kier alpha value is -2.73. The third-order valence-electron chi connectivity index (χ3n) is 5.12. The Morgan fingerprint density at radius 2 is 1.66 bits per heavy atom. The molecule has 1 atom stereocenters. The van der Waals surface area contributed by atoms with E-state index in [9.17, 15) is 0 Å². The molecule has 3 N–H and O–H groups in total. The van der Waals surface area contributed by atoms with E-state index in [2.05, 4.69) is 88.3 Å². The van der Waals surface area contributed by atoms with E-state index in [1.54, 1.807) is 0 Å². The van der Waals surface area contributed by atoms with Gasteiger partial charge in [-0.05, 0) is 74.6 Å². The summed E-state index contributed by atoms with van der Waals surface area (Å²) in [5, 5.41) is 3.57. The van der Waals surface area contributed by atoms with E-state index in [0.29, 0.717) is 5.96 Å². The second-order valence-electron chi connectivity index (χ2n) is 7.70. The molecular formula is C22H29ClN6. The van der Waals surface area contributed by atoms with E-state index < -0.39 is 0 Å². The van der Waals surface area contributed by atoms with E-state index in [1.165, 1.54) is 29.5 Å². The van der Waals surface area contributed by atoms with Crippen molar-refractivity contribution >= 4 is 35.7 Å². The molecule has 2 aliphatic heterocycles. The van der Waals surface area contributed by atoms with Gasteiger partial charge in [0.1, 0.15) is 0 Å². The first kappa shape index (κ1) is 21.0. The van der Waals surface area contributed by atoms with E-state index in [0.717, 1.165) is 30.4 Å². The highest BCUT2D eigenvalue weighted by atomic mass is 35.5. The second-order valence-corrected chi connectivity index (χ2v) is 7.70. The Morgan fingerprint density at radius 1 is 0.966 bits per heavy atom. The number of benzene rings is 2. The summed E-state index contributed by atoms with van der Waals surface area (Å²) in [4.78, 5) is 13.7. The van der Waals surface area contributed by atoms with E-state index >= 15 is 0 Å². The molecule has 1 saturated heterocycles. The van der Waals surface area contributed by atoms with Gasteiger partial charge in [-0.2, -0.15) is 4.99 Å². The van der Waals surface area contributed by atoms with Crippen molar-refractivity contribution in [2.45, 2.75) is 39.9 Å². The van der Waals surface area contributed by atoms with Crippen LogP contribution in [-0.4, -0.2) is 36.2 Å². The molecule has 0 aliphatic carbocycles. The summed E-state index contributed by atoms with van der Waals surface area (Å²) < 4.78 is 0. The zero-order valence-electron chi connectivity index (χ0n) is 17.2. The molecule has 154 valence electrons. The van der Waals surface area contributed by atoms with Crippen LogP contribution in [0.2, 0.25) is 0 Å². The van der Waals surface area contributed by atoms with Crippen molar-refractivity contribution in [1.29, 1.82) is 0 Å². The first-order valence-corrected chi connectivity index (χ1v) is 9.87. The SMILES string of the molecule is Cc1cc(C)cc(NC2N=C(N)N=C(N3CCCC3)N2c2cccc(C)c2)c1.Cl. The molecule has 1 fully saturated rings. The molecule has 0 spiro atoms. The highest BCUT2D eigenvalue weighted by Crippen LogP contribution is 2.26. The van der Waals surface area contributed by atoms with Crippen molar-refractivity contribution in [2.24, 2.45) is 15.7 Å². The number of halogens is 1. The summed E-state index contributed by atoms with van der Waals surface area (Å²) in [7, 11) is 0. The van der Waals surface area contributed by atoms with Crippen LogP contribution in [0.4, 0.5) is 11.4 Å². The number of aliphatic imine (C=N–C) groups is 2. The number of hydrogen-bond donors (Lipinski definition) is 2. The van der Waals surface area contributed by atoms with E-state index in [-0.39, 0.29) is 18.7 Å². The third kappa shape index (κ3) is 4.65. The van der Waals surface area contributed by atoms with Gasteiger partial charge in [0.05, 0.1) is 0 Å². The number of aryl methyl sites for hydroxylation is 3. The number of likely N-dealkylation sites (tertiary alicyclic amines) is 1. The lowest BCUT2D eigenvalue weighted by Gasteiger charge is -2.38.